The fraction of sp³-hybridized carbons (Fsp3) is 1.00. The Labute approximate surface area is 93.0 Å². The molecule has 0 fully saturated rings. The summed E-state index contributed by atoms with van der Waals surface area (Å²) < 4.78 is 0. The summed E-state index contributed by atoms with van der Waals surface area (Å²) in [4.78, 5) is 0. The minimum Gasteiger partial charge on any atom is -0.119 e. The first kappa shape index (κ1) is 14.4. The molecule has 0 aromatic heterocycles. The molecule has 0 amide bonds. The van der Waals surface area contributed by atoms with Crippen LogP contribution >= 0.6 is 8.58 Å². The maximum absolute atomic E-state index is 2.45. The maximum Gasteiger partial charge on any atom is -0.0242 e. The zero-order valence-corrected chi connectivity index (χ0v) is 11.8. The van der Waals surface area contributed by atoms with E-state index >= 15 is 0 Å². The van der Waals surface area contributed by atoms with Crippen LogP contribution in [0.1, 0.15) is 66.7 Å². The minimum atomic E-state index is 0.624. The Bertz CT molecular complexity index is 123. The van der Waals surface area contributed by atoms with Gasteiger partial charge in [0.25, 0.3) is 0 Å². The molecule has 14 heavy (non-hydrogen) atoms. The predicted molar refractivity (Wildman–Crippen MR) is 70.9 cm³/mol. The molecule has 0 rings (SSSR count). The van der Waals surface area contributed by atoms with Gasteiger partial charge >= 0.3 is 0 Å². The molecule has 0 N–H and O–H groups in total. The maximum atomic E-state index is 2.45. The third kappa shape index (κ3) is 5.35. The Kier molecular flexibility index (Phi) is 7.92. The van der Waals surface area contributed by atoms with Crippen molar-refractivity contribution in [3.05, 3.63) is 0 Å². The van der Waals surface area contributed by atoms with E-state index < -0.39 is 0 Å². The van der Waals surface area contributed by atoms with Crippen LogP contribution in [0, 0.1) is 5.41 Å². The van der Waals surface area contributed by atoms with Crippen molar-refractivity contribution in [2.75, 3.05) is 6.16 Å². The quantitative estimate of drug-likeness (QED) is 0.497. The molecule has 0 aliphatic rings. The Balaban J connectivity index is 3.70. The van der Waals surface area contributed by atoms with Crippen LogP contribution in [-0.4, -0.2) is 11.8 Å². The van der Waals surface area contributed by atoms with E-state index in [4.69, 9.17) is 0 Å². The van der Waals surface area contributed by atoms with Crippen molar-refractivity contribution in [2.24, 2.45) is 5.41 Å². The van der Waals surface area contributed by atoms with Gasteiger partial charge in [-0.15, -0.1) is 8.58 Å². The molecule has 0 aromatic rings. The zero-order valence-electron chi connectivity index (χ0n) is 10.8. The first-order valence-corrected chi connectivity index (χ1v) is 7.63. The summed E-state index contributed by atoms with van der Waals surface area (Å²) in [5.41, 5.74) is 1.63. The third-order valence-electron chi connectivity index (χ3n) is 3.85. The van der Waals surface area contributed by atoms with Crippen LogP contribution in [0.5, 0.6) is 0 Å². The van der Waals surface area contributed by atoms with Gasteiger partial charge in [0, 0.05) is 0 Å². The molecule has 0 aliphatic carbocycles. The van der Waals surface area contributed by atoms with E-state index in [1.807, 2.05) is 0 Å². The van der Waals surface area contributed by atoms with E-state index in [1.165, 1.54) is 46.8 Å². The highest BCUT2D eigenvalue weighted by Crippen LogP contribution is 2.34. The first-order valence-electron chi connectivity index (χ1n) is 6.35. The van der Waals surface area contributed by atoms with Crippen molar-refractivity contribution in [1.82, 2.24) is 0 Å². The van der Waals surface area contributed by atoms with E-state index in [2.05, 4.69) is 34.6 Å². The van der Waals surface area contributed by atoms with Gasteiger partial charge in [-0.2, -0.15) is 0 Å². The summed E-state index contributed by atoms with van der Waals surface area (Å²) in [5, 5.41) is 0. The molecule has 1 unspecified atom stereocenters. The molecule has 0 spiro atoms. The fourth-order valence-corrected chi connectivity index (χ4v) is 3.49. The van der Waals surface area contributed by atoms with Crippen molar-refractivity contribution in [1.29, 1.82) is 0 Å². The van der Waals surface area contributed by atoms with Crippen LogP contribution in [0.15, 0.2) is 0 Å². The monoisotopic (exact) mass is 216 g/mol. The highest BCUT2D eigenvalue weighted by molar-refractivity contribution is 7.38. The molecule has 0 aliphatic heterocycles. The third-order valence-corrected chi connectivity index (χ3v) is 5.79. The Morgan fingerprint density at radius 2 is 1.50 bits per heavy atom. The molecule has 0 bridgehead atoms. The van der Waals surface area contributed by atoms with E-state index in [0.717, 1.165) is 5.66 Å². The van der Waals surface area contributed by atoms with Gasteiger partial charge in [-0.1, -0.05) is 47.5 Å². The van der Waals surface area contributed by atoms with Gasteiger partial charge in [0.2, 0.25) is 0 Å². The van der Waals surface area contributed by atoms with Gasteiger partial charge in [-0.25, -0.2) is 0 Å². The summed E-state index contributed by atoms with van der Waals surface area (Å²) in [6, 6.07) is 0. The second-order valence-electron chi connectivity index (χ2n) is 4.74. The van der Waals surface area contributed by atoms with Crippen molar-refractivity contribution < 1.29 is 0 Å². The van der Waals surface area contributed by atoms with E-state index in [-0.39, 0.29) is 0 Å². The number of rotatable bonds is 8. The average molecular weight is 216 g/mol. The van der Waals surface area contributed by atoms with Gasteiger partial charge in [-0.05, 0) is 36.5 Å². The Hall–Kier alpha value is 0.430. The lowest BCUT2D eigenvalue weighted by atomic mass is 9.82. The lowest BCUT2D eigenvalue weighted by molar-refractivity contribution is 0.288. The molecule has 0 radical (unpaired) electrons. The molecule has 1 atom stereocenters. The molecule has 0 aromatic carbocycles. The SMILES string of the molecule is CCC(CC)PCCC(C)(CC)CC. The molecule has 86 valence electrons. The van der Waals surface area contributed by atoms with Crippen molar-refractivity contribution >= 4 is 8.58 Å². The summed E-state index contributed by atoms with van der Waals surface area (Å²) in [5.74, 6) is 0. The normalized spacial score (nSPS) is 13.3. The van der Waals surface area contributed by atoms with E-state index in [1.54, 1.807) is 0 Å². The van der Waals surface area contributed by atoms with Gasteiger partial charge in [0.1, 0.15) is 0 Å². The average Bonchev–Trinajstić information content (AvgIpc) is 2.24. The molecule has 1 heteroatoms. The predicted octanol–water partition coefficient (Wildman–Crippen LogP) is 5.07. The summed E-state index contributed by atoms with van der Waals surface area (Å²) in [6.45, 7) is 11.8. The van der Waals surface area contributed by atoms with Crippen LogP contribution in [0.25, 0.3) is 0 Å². The molecule has 0 saturated heterocycles. The molecular weight excluding hydrogens is 187 g/mol. The van der Waals surface area contributed by atoms with Gasteiger partial charge in [-0.3, -0.25) is 0 Å². The lowest BCUT2D eigenvalue weighted by Crippen LogP contribution is -2.15. The minimum absolute atomic E-state index is 0.624. The van der Waals surface area contributed by atoms with E-state index in [0.29, 0.717) is 5.41 Å². The van der Waals surface area contributed by atoms with Crippen molar-refractivity contribution in [3.8, 4) is 0 Å². The summed E-state index contributed by atoms with van der Waals surface area (Å²) >= 11 is 0. The van der Waals surface area contributed by atoms with Crippen molar-refractivity contribution in [3.63, 3.8) is 0 Å². The van der Waals surface area contributed by atoms with Gasteiger partial charge in [0.15, 0.2) is 0 Å². The van der Waals surface area contributed by atoms with E-state index in [9.17, 15) is 0 Å². The number of hydrogen-bond donors (Lipinski definition) is 0. The smallest absolute Gasteiger partial charge is 0.0242 e. The largest absolute Gasteiger partial charge is 0.119 e. The second-order valence-corrected chi connectivity index (χ2v) is 6.46. The molecular formula is C13H29P. The topological polar surface area (TPSA) is 0 Å². The van der Waals surface area contributed by atoms with Crippen LogP contribution < -0.4 is 0 Å². The number of hydrogen-bond acceptors (Lipinski definition) is 0. The van der Waals surface area contributed by atoms with Gasteiger partial charge in [0.05, 0.1) is 0 Å². The highest BCUT2D eigenvalue weighted by Gasteiger charge is 2.19. The van der Waals surface area contributed by atoms with Crippen LogP contribution in [0.4, 0.5) is 0 Å². The van der Waals surface area contributed by atoms with Gasteiger partial charge < -0.3 is 0 Å². The second kappa shape index (κ2) is 7.69. The van der Waals surface area contributed by atoms with Crippen LogP contribution in [0.2, 0.25) is 0 Å². The highest BCUT2D eigenvalue weighted by atomic mass is 31.1. The molecule has 0 saturated carbocycles. The lowest BCUT2D eigenvalue weighted by Gasteiger charge is -2.27. The fourth-order valence-electron chi connectivity index (χ4n) is 1.76. The standard InChI is InChI=1S/C13H29P/c1-6-12(7-2)14-11-10-13(5,8-3)9-4/h12,14H,6-11H2,1-5H3. The Morgan fingerprint density at radius 1 is 1.00 bits per heavy atom. The van der Waals surface area contributed by atoms with Crippen LogP contribution in [0.3, 0.4) is 0 Å². The summed E-state index contributed by atoms with van der Waals surface area (Å²) in [7, 11) is 1.20. The Morgan fingerprint density at radius 3 is 1.86 bits per heavy atom. The molecule has 0 nitrogen and oxygen atoms in total. The van der Waals surface area contributed by atoms with Crippen LogP contribution in [-0.2, 0) is 0 Å². The molecule has 0 heterocycles. The zero-order chi connectivity index (χ0) is 11.0. The first-order chi connectivity index (χ1) is 6.61. The van der Waals surface area contributed by atoms with Crippen molar-refractivity contribution in [2.45, 2.75) is 72.4 Å². The summed E-state index contributed by atoms with van der Waals surface area (Å²) in [6.07, 6.45) is 8.35.